The van der Waals surface area contributed by atoms with Crippen LogP contribution < -0.4 is 10.6 Å². The summed E-state index contributed by atoms with van der Waals surface area (Å²) >= 11 is 0. The third-order valence-corrected chi connectivity index (χ3v) is 3.26. The minimum Gasteiger partial charge on any atom is -0.374 e. The van der Waals surface area contributed by atoms with Crippen LogP contribution in [0.25, 0.3) is 0 Å². The van der Waals surface area contributed by atoms with Crippen LogP contribution in [0.3, 0.4) is 0 Å². The Balaban J connectivity index is 1.91. The van der Waals surface area contributed by atoms with Crippen LogP contribution in [0, 0.1) is 10.1 Å². The summed E-state index contributed by atoms with van der Waals surface area (Å²) < 4.78 is 4.71. The lowest BCUT2D eigenvalue weighted by Gasteiger charge is -2.18. The molecule has 2 N–H and O–H groups in total. The topological polar surface area (TPSA) is 110 Å². The van der Waals surface area contributed by atoms with E-state index in [0.717, 1.165) is 5.56 Å². The van der Waals surface area contributed by atoms with E-state index in [4.69, 9.17) is 4.52 Å². The van der Waals surface area contributed by atoms with Gasteiger partial charge in [0.25, 0.3) is 5.69 Å². The van der Waals surface area contributed by atoms with E-state index in [-0.39, 0.29) is 11.6 Å². The van der Waals surface area contributed by atoms with Crippen LogP contribution in [0.1, 0.15) is 17.7 Å². The molecule has 0 unspecified atom stereocenters. The molecule has 1 aromatic heterocycles. The number of nitrogens with zero attached hydrogens (tertiary/aromatic N) is 2. The fourth-order valence-corrected chi connectivity index (χ4v) is 2.22. The van der Waals surface area contributed by atoms with Crippen LogP contribution >= 0.6 is 0 Å². The molecule has 0 saturated carbocycles. The molecule has 0 fully saturated rings. The number of aryl methyl sites for hydroxylation is 1. The quantitative estimate of drug-likeness (QED) is 0.658. The molecule has 0 saturated heterocycles. The fraction of sp³-hybridized carbons (Fsp3) is 0.231. The summed E-state index contributed by atoms with van der Waals surface area (Å²) in [5.74, 6) is -0.125. The first-order valence-corrected chi connectivity index (χ1v) is 6.38. The summed E-state index contributed by atoms with van der Waals surface area (Å²) in [6.45, 7) is 0.322. The SMILES string of the molecule is O=C1CCc2cc(NCc3ccon3)c([N+](=O)[O-])cc2N1. The van der Waals surface area contributed by atoms with Crippen molar-refractivity contribution in [1.82, 2.24) is 5.16 Å². The van der Waals surface area contributed by atoms with Crippen molar-refractivity contribution >= 4 is 23.0 Å². The summed E-state index contributed by atoms with van der Waals surface area (Å²) in [5, 5.41) is 20.5. The monoisotopic (exact) mass is 288 g/mol. The van der Waals surface area contributed by atoms with Crippen molar-refractivity contribution in [1.29, 1.82) is 0 Å². The lowest BCUT2D eigenvalue weighted by Crippen LogP contribution is -2.19. The molecular weight excluding hydrogens is 276 g/mol. The third kappa shape index (κ3) is 2.69. The minimum absolute atomic E-state index is 0.0838. The maximum Gasteiger partial charge on any atom is 0.294 e. The molecule has 0 bridgehead atoms. The van der Waals surface area contributed by atoms with Crippen molar-refractivity contribution in [2.75, 3.05) is 10.6 Å². The van der Waals surface area contributed by atoms with Crippen molar-refractivity contribution in [3.8, 4) is 0 Å². The number of aromatic nitrogens is 1. The van der Waals surface area contributed by atoms with Crippen LogP contribution in [-0.2, 0) is 17.8 Å². The standard InChI is InChI=1S/C13H12N4O4/c18-13-2-1-8-5-11(14-7-9-3-4-21-16-9)12(17(19)20)6-10(8)15-13/h3-6,14H,1-2,7H2,(H,15,18). The van der Waals surface area contributed by atoms with Crippen molar-refractivity contribution in [3.05, 3.63) is 45.8 Å². The predicted molar refractivity (Wildman–Crippen MR) is 73.9 cm³/mol. The van der Waals surface area contributed by atoms with Gasteiger partial charge in [-0.2, -0.15) is 0 Å². The average molecular weight is 288 g/mol. The summed E-state index contributed by atoms with van der Waals surface area (Å²) in [4.78, 5) is 22.0. The molecule has 1 aromatic carbocycles. The Morgan fingerprint density at radius 1 is 1.43 bits per heavy atom. The minimum atomic E-state index is -0.480. The smallest absolute Gasteiger partial charge is 0.294 e. The van der Waals surface area contributed by atoms with Gasteiger partial charge in [0.15, 0.2) is 0 Å². The lowest BCUT2D eigenvalue weighted by atomic mass is 10.0. The Morgan fingerprint density at radius 2 is 2.29 bits per heavy atom. The summed E-state index contributed by atoms with van der Waals surface area (Å²) in [5.41, 5.74) is 2.35. The summed E-state index contributed by atoms with van der Waals surface area (Å²) in [6, 6.07) is 4.77. The van der Waals surface area contributed by atoms with Gasteiger partial charge in [-0.05, 0) is 18.1 Å². The first-order valence-electron chi connectivity index (χ1n) is 6.38. The first-order chi connectivity index (χ1) is 10.1. The Morgan fingerprint density at radius 3 is 3.00 bits per heavy atom. The van der Waals surface area contributed by atoms with Crippen LogP contribution in [0.2, 0.25) is 0 Å². The number of fused-ring (bicyclic) bond motifs is 1. The Kier molecular flexibility index (Phi) is 3.27. The average Bonchev–Trinajstić information content (AvgIpc) is 2.97. The van der Waals surface area contributed by atoms with Gasteiger partial charge in [0.1, 0.15) is 17.6 Å². The Bertz CT molecular complexity index is 696. The van der Waals surface area contributed by atoms with E-state index in [1.54, 1.807) is 12.1 Å². The highest BCUT2D eigenvalue weighted by Crippen LogP contribution is 2.34. The van der Waals surface area contributed by atoms with Gasteiger partial charge in [-0.3, -0.25) is 14.9 Å². The number of nitro benzene ring substituents is 1. The van der Waals surface area contributed by atoms with E-state index in [9.17, 15) is 14.9 Å². The number of nitrogens with one attached hydrogen (secondary N) is 2. The van der Waals surface area contributed by atoms with Gasteiger partial charge in [0, 0.05) is 18.6 Å². The van der Waals surface area contributed by atoms with Gasteiger partial charge in [-0.1, -0.05) is 5.16 Å². The molecule has 1 aliphatic heterocycles. The second-order valence-electron chi connectivity index (χ2n) is 4.68. The van der Waals surface area contributed by atoms with Crippen molar-refractivity contribution in [3.63, 3.8) is 0 Å². The zero-order chi connectivity index (χ0) is 14.8. The molecule has 0 aliphatic carbocycles. The number of anilines is 2. The van der Waals surface area contributed by atoms with Crippen molar-refractivity contribution in [2.24, 2.45) is 0 Å². The van der Waals surface area contributed by atoms with E-state index in [1.165, 1.54) is 12.3 Å². The normalized spacial score (nSPS) is 13.4. The largest absolute Gasteiger partial charge is 0.374 e. The molecule has 0 atom stereocenters. The number of carbonyl (C=O) groups excluding carboxylic acids is 1. The number of benzene rings is 1. The number of hydrogen-bond donors (Lipinski definition) is 2. The number of amides is 1. The van der Waals surface area contributed by atoms with Crippen LogP contribution in [0.15, 0.2) is 29.0 Å². The number of carbonyl (C=O) groups is 1. The molecule has 2 heterocycles. The number of rotatable bonds is 4. The second kappa shape index (κ2) is 5.23. The van der Waals surface area contributed by atoms with E-state index >= 15 is 0 Å². The molecule has 8 nitrogen and oxygen atoms in total. The second-order valence-corrected chi connectivity index (χ2v) is 4.68. The molecule has 108 valence electrons. The Labute approximate surface area is 119 Å². The molecule has 8 heteroatoms. The van der Waals surface area contributed by atoms with Crippen LogP contribution in [0.5, 0.6) is 0 Å². The zero-order valence-corrected chi connectivity index (χ0v) is 11.0. The molecule has 0 radical (unpaired) electrons. The van der Waals surface area contributed by atoms with Gasteiger partial charge in [-0.15, -0.1) is 0 Å². The Hall–Kier alpha value is -2.90. The molecule has 2 aromatic rings. The van der Waals surface area contributed by atoms with Crippen molar-refractivity contribution in [2.45, 2.75) is 19.4 Å². The molecule has 1 amide bonds. The highest BCUT2D eigenvalue weighted by molar-refractivity contribution is 5.95. The molecule has 0 spiro atoms. The highest BCUT2D eigenvalue weighted by Gasteiger charge is 2.22. The van der Waals surface area contributed by atoms with Gasteiger partial charge < -0.3 is 15.2 Å². The van der Waals surface area contributed by atoms with Gasteiger partial charge in [0.2, 0.25) is 5.91 Å². The van der Waals surface area contributed by atoms with Gasteiger partial charge >= 0.3 is 0 Å². The van der Waals surface area contributed by atoms with Gasteiger partial charge in [0.05, 0.1) is 17.2 Å². The maximum absolute atomic E-state index is 11.4. The van der Waals surface area contributed by atoms with E-state index in [1.807, 2.05) is 0 Å². The van der Waals surface area contributed by atoms with E-state index < -0.39 is 4.92 Å². The number of hydrogen-bond acceptors (Lipinski definition) is 6. The highest BCUT2D eigenvalue weighted by atomic mass is 16.6. The first kappa shape index (κ1) is 13.1. The maximum atomic E-state index is 11.4. The molecule has 21 heavy (non-hydrogen) atoms. The van der Waals surface area contributed by atoms with E-state index in [0.29, 0.717) is 36.5 Å². The van der Waals surface area contributed by atoms with Crippen LogP contribution in [-0.4, -0.2) is 16.0 Å². The fourth-order valence-electron chi connectivity index (χ4n) is 2.22. The molecule has 3 rings (SSSR count). The molecule has 1 aliphatic rings. The zero-order valence-electron chi connectivity index (χ0n) is 11.0. The molecular formula is C13H12N4O4. The summed E-state index contributed by atoms with van der Waals surface area (Å²) in [6.07, 6.45) is 2.39. The van der Waals surface area contributed by atoms with E-state index in [2.05, 4.69) is 15.8 Å². The lowest BCUT2D eigenvalue weighted by molar-refractivity contribution is -0.383. The van der Waals surface area contributed by atoms with Crippen molar-refractivity contribution < 1.29 is 14.2 Å². The van der Waals surface area contributed by atoms with Crippen LogP contribution in [0.4, 0.5) is 17.1 Å². The predicted octanol–water partition coefficient (Wildman–Crippen LogP) is 2.08. The summed E-state index contributed by atoms with van der Waals surface area (Å²) in [7, 11) is 0. The van der Waals surface area contributed by atoms with Gasteiger partial charge in [-0.25, -0.2) is 0 Å². The third-order valence-electron chi connectivity index (χ3n) is 3.26. The number of nitro groups is 1.